The number of carbonyl (C=O) groups is 1. The first-order valence-corrected chi connectivity index (χ1v) is 6.42. The van der Waals surface area contributed by atoms with Gasteiger partial charge in [-0.25, -0.2) is 9.18 Å². The summed E-state index contributed by atoms with van der Waals surface area (Å²) >= 11 is 3.25. The van der Waals surface area contributed by atoms with Gasteiger partial charge in [0, 0.05) is 10.0 Å². The van der Waals surface area contributed by atoms with Crippen LogP contribution < -0.4 is 5.73 Å². The summed E-state index contributed by atoms with van der Waals surface area (Å²) in [6, 6.07) is 12.1. The summed E-state index contributed by atoms with van der Waals surface area (Å²) in [4.78, 5) is 16.5. The van der Waals surface area contributed by atoms with Gasteiger partial charge in [-0.3, -0.25) is 0 Å². The Balaban J connectivity index is 2.08. The van der Waals surface area contributed by atoms with Crippen LogP contribution in [0.1, 0.15) is 15.9 Å². The van der Waals surface area contributed by atoms with Crippen molar-refractivity contribution in [3.8, 4) is 0 Å². The van der Waals surface area contributed by atoms with Crippen molar-refractivity contribution in [3.63, 3.8) is 0 Å². The zero-order valence-corrected chi connectivity index (χ0v) is 11.8. The second-order valence-electron chi connectivity index (χ2n) is 3.87. The van der Waals surface area contributed by atoms with Crippen LogP contribution in [0.3, 0.4) is 0 Å². The van der Waals surface area contributed by atoms with Crippen LogP contribution in [-0.2, 0) is 4.84 Å². The number of carbonyl (C=O) groups excluding carboxylic acids is 1. The van der Waals surface area contributed by atoms with E-state index in [2.05, 4.69) is 21.1 Å². The maximum absolute atomic E-state index is 12.8. The van der Waals surface area contributed by atoms with Crippen molar-refractivity contribution in [2.45, 2.75) is 0 Å². The lowest BCUT2D eigenvalue weighted by Gasteiger charge is -2.01. The molecule has 0 aromatic heterocycles. The standard InChI is InChI=1S/C14H10BrFN2O2/c15-11-3-1-2-10(8-11)14(19)20-18-13(17)9-4-6-12(16)7-5-9/h1-8H,(H2,17,18). The highest BCUT2D eigenvalue weighted by Crippen LogP contribution is 2.12. The Morgan fingerprint density at radius 3 is 2.50 bits per heavy atom. The molecule has 0 aliphatic rings. The molecule has 0 bridgehead atoms. The molecular formula is C14H10BrFN2O2. The summed E-state index contributed by atoms with van der Waals surface area (Å²) in [5.74, 6) is -1.02. The Morgan fingerprint density at radius 1 is 1.15 bits per heavy atom. The number of halogens is 2. The van der Waals surface area contributed by atoms with Crippen molar-refractivity contribution in [1.29, 1.82) is 0 Å². The average molecular weight is 337 g/mol. The van der Waals surface area contributed by atoms with Crippen LogP contribution in [0.5, 0.6) is 0 Å². The summed E-state index contributed by atoms with van der Waals surface area (Å²) in [5.41, 5.74) is 6.45. The summed E-state index contributed by atoms with van der Waals surface area (Å²) in [7, 11) is 0. The van der Waals surface area contributed by atoms with Gasteiger partial charge in [-0.1, -0.05) is 27.2 Å². The van der Waals surface area contributed by atoms with Gasteiger partial charge in [0.1, 0.15) is 5.82 Å². The number of hydrogen-bond acceptors (Lipinski definition) is 3. The average Bonchev–Trinajstić information content (AvgIpc) is 2.45. The molecule has 0 atom stereocenters. The first-order chi connectivity index (χ1) is 9.56. The number of hydrogen-bond donors (Lipinski definition) is 1. The van der Waals surface area contributed by atoms with E-state index in [0.717, 1.165) is 4.47 Å². The molecule has 20 heavy (non-hydrogen) atoms. The number of oxime groups is 1. The number of rotatable bonds is 3. The van der Waals surface area contributed by atoms with Crippen LogP contribution in [0.2, 0.25) is 0 Å². The first kappa shape index (κ1) is 14.2. The van der Waals surface area contributed by atoms with E-state index >= 15 is 0 Å². The highest BCUT2D eigenvalue weighted by molar-refractivity contribution is 9.10. The van der Waals surface area contributed by atoms with E-state index < -0.39 is 5.97 Å². The fourth-order valence-corrected chi connectivity index (χ4v) is 1.83. The Morgan fingerprint density at radius 2 is 1.85 bits per heavy atom. The molecule has 0 spiro atoms. The molecule has 4 nitrogen and oxygen atoms in total. The highest BCUT2D eigenvalue weighted by Gasteiger charge is 2.08. The molecule has 0 unspecified atom stereocenters. The smallest absolute Gasteiger partial charge is 0.365 e. The summed E-state index contributed by atoms with van der Waals surface area (Å²) < 4.78 is 13.5. The van der Waals surface area contributed by atoms with Crippen LogP contribution >= 0.6 is 15.9 Å². The number of nitrogens with zero attached hydrogens (tertiary/aromatic N) is 1. The predicted molar refractivity (Wildman–Crippen MR) is 76.7 cm³/mol. The van der Waals surface area contributed by atoms with Gasteiger partial charge < -0.3 is 10.6 Å². The van der Waals surface area contributed by atoms with E-state index in [4.69, 9.17) is 10.6 Å². The number of nitrogens with two attached hydrogens (primary N) is 1. The Bertz CT molecular complexity index is 656. The second kappa shape index (κ2) is 6.29. The van der Waals surface area contributed by atoms with Crippen LogP contribution in [0.15, 0.2) is 58.2 Å². The molecule has 0 saturated heterocycles. The third kappa shape index (κ3) is 3.64. The summed E-state index contributed by atoms with van der Waals surface area (Å²) in [5, 5.41) is 3.54. The number of amidine groups is 1. The predicted octanol–water partition coefficient (Wildman–Crippen LogP) is 3.07. The SMILES string of the molecule is N/C(=N\OC(=O)c1cccc(Br)c1)c1ccc(F)cc1. The lowest BCUT2D eigenvalue weighted by molar-refractivity contribution is 0.0516. The molecule has 2 N–H and O–H groups in total. The maximum atomic E-state index is 12.8. The normalized spacial score (nSPS) is 11.2. The monoisotopic (exact) mass is 336 g/mol. The van der Waals surface area contributed by atoms with Gasteiger partial charge in [0.25, 0.3) is 0 Å². The quantitative estimate of drug-likeness (QED) is 0.405. The van der Waals surface area contributed by atoms with Gasteiger partial charge >= 0.3 is 5.97 Å². The van der Waals surface area contributed by atoms with E-state index in [0.29, 0.717) is 11.1 Å². The summed E-state index contributed by atoms with van der Waals surface area (Å²) in [6.07, 6.45) is 0. The van der Waals surface area contributed by atoms with Gasteiger partial charge in [-0.15, -0.1) is 0 Å². The zero-order chi connectivity index (χ0) is 14.5. The first-order valence-electron chi connectivity index (χ1n) is 5.62. The van der Waals surface area contributed by atoms with Crippen LogP contribution in [-0.4, -0.2) is 11.8 Å². The molecule has 0 radical (unpaired) electrons. The maximum Gasteiger partial charge on any atom is 0.365 e. The van der Waals surface area contributed by atoms with Gasteiger partial charge in [-0.05, 0) is 42.5 Å². The molecule has 2 aromatic carbocycles. The largest absolute Gasteiger partial charge is 0.380 e. The van der Waals surface area contributed by atoms with Gasteiger partial charge in [0.15, 0.2) is 5.84 Å². The molecule has 0 aliphatic heterocycles. The van der Waals surface area contributed by atoms with Crippen LogP contribution in [0.4, 0.5) is 4.39 Å². The molecule has 0 aliphatic carbocycles. The van der Waals surface area contributed by atoms with Gasteiger partial charge in [-0.2, -0.15) is 0 Å². The molecule has 102 valence electrons. The van der Waals surface area contributed by atoms with Gasteiger partial charge in [0.2, 0.25) is 0 Å². The summed E-state index contributed by atoms with van der Waals surface area (Å²) in [6.45, 7) is 0. The molecule has 0 heterocycles. The fourth-order valence-electron chi connectivity index (χ4n) is 1.43. The van der Waals surface area contributed by atoms with E-state index in [9.17, 15) is 9.18 Å². The van der Waals surface area contributed by atoms with Crippen molar-refractivity contribution in [3.05, 3.63) is 69.9 Å². The molecular weight excluding hydrogens is 327 g/mol. The van der Waals surface area contributed by atoms with Crippen molar-refractivity contribution >= 4 is 27.7 Å². The van der Waals surface area contributed by atoms with Crippen LogP contribution in [0.25, 0.3) is 0 Å². The Kier molecular flexibility index (Phi) is 4.47. The van der Waals surface area contributed by atoms with Gasteiger partial charge in [0.05, 0.1) is 5.56 Å². The lowest BCUT2D eigenvalue weighted by atomic mass is 10.2. The van der Waals surface area contributed by atoms with E-state index in [1.807, 2.05) is 0 Å². The van der Waals surface area contributed by atoms with Crippen molar-refractivity contribution in [2.75, 3.05) is 0 Å². The topological polar surface area (TPSA) is 64.7 Å². The Hall–Kier alpha value is -2.21. The molecule has 0 amide bonds. The molecule has 6 heteroatoms. The van der Waals surface area contributed by atoms with Crippen molar-refractivity contribution in [1.82, 2.24) is 0 Å². The van der Waals surface area contributed by atoms with Crippen molar-refractivity contribution < 1.29 is 14.0 Å². The third-order valence-electron chi connectivity index (χ3n) is 2.43. The molecule has 2 aromatic rings. The number of benzene rings is 2. The third-order valence-corrected chi connectivity index (χ3v) is 2.92. The van der Waals surface area contributed by atoms with E-state index in [1.54, 1.807) is 24.3 Å². The minimum absolute atomic E-state index is 0.00616. The lowest BCUT2D eigenvalue weighted by Crippen LogP contribution is -2.15. The zero-order valence-electron chi connectivity index (χ0n) is 10.2. The highest BCUT2D eigenvalue weighted by atomic mass is 79.9. The molecule has 0 fully saturated rings. The fraction of sp³-hybridized carbons (Fsp3) is 0. The Labute approximate surface area is 123 Å². The molecule has 2 rings (SSSR count). The second-order valence-corrected chi connectivity index (χ2v) is 4.79. The minimum atomic E-state index is -0.628. The molecule has 0 saturated carbocycles. The minimum Gasteiger partial charge on any atom is -0.380 e. The van der Waals surface area contributed by atoms with E-state index in [1.165, 1.54) is 24.3 Å². The van der Waals surface area contributed by atoms with Crippen LogP contribution in [0, 0.1) is 5.82 Å². The van der Waals surface area contributed by atoms with E-state index in [-0.39, 0.29) is 11.7 Å². The van der Waals surface area contributed by atoms with Crippen molar-refractivity contribution in [2.24, 2.45) is 10.9 Å².